The van der Waals surface area contributed by atoms with Crippen LogP contribution in [-0.2, 0) is 4.79 Å². The maximum Gasteiger partial charge on any atom is 0.345 e. The number of fused-ring (bicyclic) bond motifs is 1. The van der Waals surface area contributed by atoms with E-state index in [1.807, 2.05) is 0 Å². The molecule has 0 saturated heterocycles. The highest BCUT2D eigenvalue weighted by atomic mass is 35.5. The molecule has 1 aliphatic rings. The lowest BCUT2D eigenvalue weighted by Crippen LogP contribution is -2.33. The fourth-order valence-corrected chi connectivity index (χ4v) is 1.76. The molecule has 16 heavy (non-hydrogen) atoms. The minimum Gasteiger partial charge on any atom is -0.479 e. The minimum absolute atomic E-state index is 0.0213. The van der Waals surface area contributed by atoms with Crippen LogP contribution in [0.2, 0.25) is 5.02 Å². The highest BCUT2D eigenvalue weighted by molar-refractivity contribution is 6.30. The van der Waals surface area contributed by atoms with Gasteiger partial charge in [0.25, 0.3) is 0 Å². The van der Waals surface area contributed by atoms with E-state index in [2.05, 4.69) is 0 Å². The molecule has 1 aromatic carbocycles. The van der Waals surface area contributed by atoms with Crippen molar-refractivity contribution in [2.75, 3.05) is 0 Å². The number of benzene rings is 1. The fraction of sp³-hybridized carbons (Fsp3) is 0.300. The molecule has 0 radical (unpaired) electrons. The van der Waals surface area contributed by atoms with Gasteiger partial charge in [0.15, 0.2) is 6.10 Å². The summed E-state index contributed by atoms with van der Waals surface area (Å²) in [6.07, 6.45) is -2.25. The summed E-state index contributed by atoms with van der Waals surface area (Å²) in [7, 11) is 0. The molecule has 0 aromatic heterocycles. The average Bonchev–Trinajstić information content (AvgIpc) is 2.20. The molecule has 6 heteroatoms. The summed E-state index contributed by atoms with van der Waals surface area (Å²) in [5, 5.41) is 18.3. The Bertz CT molecular complexity index is 449. The topological polar surface area (TPSA) is 66.8 Å². The van der Waals surface area contributed by atoms with Crippen molar-refractivity contribution in [1.82, 2.24) is 0 Å². The van der Waals surface area contributed by atoms with Crippen LogP contribution in [0.1, 0.15) is 18.1 Å². The standard InChI is InChI=1S/C10H8ClFO4/c11-5-1-4-7(13)3-9(10(14)15)16-8(4)2-6(5)12/h1-2,7,9,13H,3H2,(H,14,15)/t7-,9-/m1/s1. The van der Waals surface area contributed by atoms with Gasteiger partial charge in [-0.3, -0.25) is 0 Å². The number of aliphatic carboxylic acids is 1. The van der Waals surface area contributed by atoms with E-state index in [1.54, 1.807) is 0 Å². The van der Waals surface area contributed by atoms with E-state index < -0.39 is 24.0 Å². The number of aliphatic hydroxyl groups excluding tert-OH is 1. The molecule has 1 aromatic rings. The monoisotopic (exact) mass is 246 g/mol. The Kier molecular flexibility index (Phi) is 2.73. The third kappa shape index (κ3) is 1.83. The van der Waals surface area contributed by atoms with Crippen LogP contribution < -0.4 is 4.74 Å². The van der Waals surface area contributed by atoms with Crippen LogP contribution in [0.25, 0.3) is 0 Å². The number of aliphatic hydroxyl groups is 1. The van der Waals surface area contributed by atoms with Crippen molar-refractivity contribution in [3.8, 4) is 5.75 Å². The first kappa shape index (κ1) is 11.2. The Balaban J connectivity index is 2.42. The fourth-order valence-electron chi connectivity index (χ4n) is 1.59. The lowest BCUT2D eigenvalue weighted by Gasteiger charge is -2.27. The van der Waals surface area contributed by atoms with Gasteiger partial charge in [0, 0.05) is 18.1 Å². The molecule has 4 nitrogen and oxygen atoms in total. The van der Waals surface area contributed by atoms with Crippen molar-refractivity contribution in [3.05, 3.63) is 28.5 Å². The molecular formula is C10H8ClFO4. The van der Waals surface area contributed by atoms with Crippen molar-refractivity contribution in [2.24, 2.45) is 0 Å². The molecule has 0 amide bonds. The van der Waals surface area contributed by atoms with Crippen molar-refractivity contribution in [3.63, 3.8) is 0 Å². The summed E-state index contributed by atoms with van der Waals surface area (Å²) < 4.78 is 18.2. The predicted molar refractivity (Wildman–Crippen MR) is 53.0 cm³/mol. The number of hydrogen-bond donors (Lipinski definition) is 2. The van der Waals surface area contributed by atoms with Crippen LogP contribution in [0.3, 0.4) is 0 Å². The second-order valence-corrected chi connectivity index (χ2v) is 3.91. The van der Waals surface area contributed by atoms with Gasteiger partial charge < -0.3 is 14.9 Å². The lowest BCUT2D eigenvalue weighted by molar-refractivity contribution is -0.147. The van der Waals surface area contributed by atoms with Gasteiger partial charge in [-0.15, -0.1) is 0 Å². The molecule has 0 bridgehead atoms. The highest BCUT2D eigenvalue weighted by Gasteiger charge is 2.32. The first-order valence-electron chi connectivity index (χ1n) is 4.55. The van der Waals surface area contributed by atoms with E-state index in [0.717, 1.165) is 6.07 Å². The summed E-state index contributed by atoms with van der Waals surface area (Å²) in [5.74, 6) is -1.88. The second-order valence-electron chi connectivity index (χ2n) is 3.50. The van der Waals surface area contributed by atoms with Gasteiger partial charge in [-0.2, -0.15) is 0 Å². The molecule has 2 atom stereocenters. The normalized spacial score (nSPS) is 23.4. The number of hydrogen-bond acceptors (Lipinski definition) is 3. The van der Waals surface area contributed by atoms with Crippen molar-refractivity contribution < 1.29 is 24.1 Å². The molecular weight excluding hydrogens is 239 g/mol. The zero-order valence-electron chi connectivity index (χ0n) is 7.98. The Hall–Kier alpha value is -1.33. The number of carboxylic acids is 1. The summed E-state index contributed by atoms with van der Waals surface area (Å²) in [6, 6.07) is 2.23. The summed E-state index contributed by atoms with van der Waals surface area (Å²) in [5.41, 5.74) is 0.309. The van der Waals surface area contributed by atoms with E-state index in [0.29, 0.717) is 5.56 Å². The van der Waals surface area contributed by atoms with E-state index in [9.17, 15) is 14.3 Å². The van der Waals surface area contributed by atoms with E-state index in [1.165, 1.54) is 6.07 Å². The van der Waals surface area contributed by atoms with E-state index >= 15 is 0 Å². The molecule has 0 fully saturated rings. The van der Waals surface area contributed by atoms with Crippen LogP contribution in [0.15, 0.2) is 12.1 Å². The lowest BCUT2D eigenvalue weighted by atomic mass is 9.99. The van der Waals surface area contributed by atoms with Gasteiger partial charge in [0.2, 0.25) is 0 Å². The van der Waals surface area contributed by atoms with Crippen LogP contribution in [0.4, 0.5) is 4.39 Å². The van der Waals surface area contributed by atoms with Gasteiger partial charge in [-0.1, -0.05) is 11.6 Å². The van der Waals surface area contributed by atoms with Gasteiger partial charge in [0.1, 0.15) is 11.6 Å². The zero-order chi connectivity index (χ0) is 11.9. The van der Waals surface area contributed by atoms with Crippen LogP contribution in [0, 0.1) is 5.82 Å². The smallest absolute Gasteiger partial charge is 0.345 e. The number of rotatable bonds is 1. The molecule has 2 N–H and O–H groups in total. The third-order valence-electron chi connectivity index (χ3n) is 2.39. The first-order chi connectivity index (χ1) is 7.49. The number of halogens is 2. The SMILES string of the molecule is O=C(O)[C@H]1C[C@@H](O)c2cc(Cl)c(F)cc2O1. The molecule has 0 spiro atoms. The molecule has 0 unspecified atom stereocenters. The molecule has 0 aliphatic carbocycles. The number of carbonyl (C=O) groups is 1. The Morgan fingerprint density at radius 2 is 2.25 bits per heavy atom. The zero-order valence-corrected chi connectivity index (χ0v) is 8.74. The van der Waals surface area contributed by atoms with Gasteiger partial charge in [-0.25, -0.2) is 9.18 Å². The Morgan fingerprint density at radius 1 is 1.56 bits per heavy atom. The maximum atomic E-state index is 13.1. The molecule has 0 saturated carbocycles. The molecule has 86 valence electrons. The molecule has 2 rings (SSSR count). The van der Waals surface area contributed by atoms with Crippen molar-refractivity contribution in [2.45, 2.75) is 18.6 Å². The summed E-state index contributed by atoms with van der Waals surface area (Å²) in [6.45, 7) is 0. The largest absolute Gasteiger partial charge is 0.479 e. The van der Waals surface area contributed by atoms with E-state index in [-0.39, 0.29) is 17.2 Å². The third-order valence-corrected chi connectivity index (χ3v) is 2.68. The van der Waals surface area contributed by atoms with Gasteiger partial charge in [-0.05, 0) is 6.07 Å². The summed E-state index contributed by atoms with van der Waals surface area (Å²) >= 11 is 5.55. The van der Waals surface area contributed by atoms with Gasteiger partial charge in [0.05, 0.1) is 11.1 Å². The summed E-state index contributed by atoms with van der Waals surface area (Å²) in [4.78, 5) is 10.7. The average molecular weight is 247 g/mol. The molecule has 1 heterocycles. The van der Waals surface area contributed by atoms with Crippen molar-refractivity contribution >= 4 is 17.6 Å². The Labute approximate surface area is 95.2 Å². The number of carboxylic acid groups (broad SMARTS) is 1. The highest BCUT2D eigenvalue weighted by Crippen LogP contribution is 2.37. The maximum absolute atomic E-state index is 13.1. The first-order valence-corrected chi connectivity index (χ1v) is 4.93. The predicted octanol–water partition coefficient (Wildman–Crippen LogP) is 1.75. The second kappa shape index (κ2) is 3.92. The quantitative estimate of drug-likeness (QED) is 0.792. The minimum atomic E-state index is -1.19. The Morgan fingerprint density at radius 3 is 2.88 bits per heavy atom. The van der Waals surface area contributed by atoms with Gasteiger partial charge >= 0.3 is 5.97 Å². The van der Waals surface area contributed by atoms with Crippen molar-refractivity contribution in [1.29, 1.82) is 0 Å². The van der Waals surface area contributed by atoms with Crippen LogP contribution in [-0.4, -0.2) is 22.3 Å². The van der Waals surface area contributed by atoms with Crippen LogP contribution >= 0.6 is 11.6 Å². The molecule has 1 aliphatic heterocycles. The number of ether oxygens (including phenoxy) is 1. The van der Waals surface area contributed by atoms with E-state index in [4.69, 9.17) is 21.4 Å². The van der Waals surface area contributed by atoms with Crippen LogP contribution in [0.5, 0.6) is 5.75 Å².